The van der Waals surface area contributed by atoms with Crippen molar-refractivity contribution in [2.75, 3.05) is 39.8 Å². The van der Waals surface area contributed by atoms with Gasteiger partial charge in [-0.1, -0.05) is 13.8 Å². The minimum absolute atomic E-state index is 0.0205. The van der Waals surface area contributed by atoms with E-state index >= 15 is 0 Å². The molecule has 2 amide bonds. The minimum Gasteiger partial charge on any atom is -0.481 e. The van der Waals surface area contributed by atoms with Crippen molar-refractivity contribution in [3.05, 3.63) is 0 Å². The zero-order valence-electron chi connectivity index (χ0n) is 13.3. The predicted octanol–water partition coefficient (Wildman–Crippen LogP) is 1.08. The second-order valence-electron chi connectivity index (χ2n) is 7.10. The fraction of sp³-hybridized carbons (Fsp3) is 0.867. The van der Waals surface area contributed by atoms with E-state index in [-0.39, 0.29) is 17.4 Å². The molecule has 6 nitrogen and oxygen atoms in total. The number of carbonyl (C=O) groups is 2. The van der Waals surface area contributed by atoms with Gasteiger partial charge in [-0.25, -0.2) is 4.79 Å². The van der Waals surface area contributed by atoms with Crippen molar-refractivity contribution in [3.63, 3.8) is 0 Å². The molecule has 0 unspecified atom stereocenters. The molecule has 120 valence electrons. The Hall–Kier alpha value is -1.30. The van der Waals surface area contributed by atoms with Gasteiger partial charge >= 0.3 is 12.0 Å². The van der Waals surface area contributed by atoms with Gasteiger partial charge in [0, 0.05) is 19.6 Å². The largest absolute Gasteiger partial charge is 0.481 e. The number of amides is 2. The molecule has 2 fully saturated rings. The van der Waals surface area contributed by atoms with Crippen molar-refractivity contribution >= 4 is 12.0 Å². The molecule has 0 aromatic rings. The lowest BCUT2D eigenvalue weighted by Crippen LogP contribution is -2.47. The van der Waals surface area contributed by atoms with Gasteiger partial charge in [0.1, 0.15) is 0 Å². The summed E-state index contributed by atoms with van der Waals surface area (Å²) in [5.41, 5.74) is 0.152. The van der Waals surface area contributed by atoms with Gasteiger partial charge in [0.05, 0.1) is 5.92 Å². The molecule has 2 aliphatic heterocycles. The number of carbonyl (C=O) groups excluding carboxylic acids is 1. The van der Waals surface area contributed by atoms with Crippen LogP contribution in [0, 0.1) is 17.3 Å². The highest BCUT2D eigenvalue weighted by Gasteiger charge is 2.37. The Morgan fingerprint density at radius 2 is 1.90 bits per heavy atom. The maximum atomic E-state index is 12.2. The number of hydrogen-bond donors (Lipinski definition) is 2. The van der Waals surface area contributed by atoms with Gasteiger partial charge in [0.2, 0.25) is 0 Å². The van der Waals surface area contributed by atoms with E-state index in [1.54, 1.807) is 4.90 Å². The average Bonchev–Trinajstić information content (AvgIpc) is 2.82. The molecule has 0 aliphatic carbocycles. The Balaban J connectivity index is 1.81. The first kappa shape index (κ1) is 16.1. The van der Waals surface area contributed by atoms with Crippen molar-refractivity contribution in [3.8, 4) is 0 Å². The molecule has 2 heterocycles. The van der Waals surface area contributed by atoms with Crippen molar-refractivity contribution in [1.82, 2.24) is 15.1 Å². The molecular weight excluding hydrogens is 270 g/mol. The molecule has 0 radical (unpaired) electrons. The highest BCUT2D eigenvalue weighted by Crippen LogP contribution is 2.29. The van der Waals surface area contributed by atoms with Crippen molar-refractivity contribution in [1.29, 1.82) is 0 Å². The van der Waals surface area contributed by atoms with Gasteiger partial charge in [-0.2, -0.15) is 0 Å². The van der Waals surface area contributed by atoms with Crippen LogP contribution in [-0.2, 0) is 4.79 Å². The van der Waals surface area contributed by atoms with Crippen LogP contribution in [0.25, 0.3) is 0 Å². The standard InChI is InChI=1S/C15H27N3O3/c1-11-8-18(9-12(11)13(19)20)14(21)16-10-15(2)4-6-17(3)7-5-15/h11-12H,4-10H2,1-3H3,(H,16,21)(H,19,20)/t11-,12-/m1/s1. The summed E-state index contributed by atoms with van der Waals surface area (Å²) >= 11 is 0. The number of urea groups is 1. The van der Waals surface area contributed by atoms with Crippen LogP contribution < -0.4 is 5.32 Å². The summed E-state index contributed by atoms with van der Waals surface area (Å²) < 4.78 is 0. The summed E-state index contributed by atoms with van der Waals surface area (Å²) in [7, 11) is 2.12. The molecule has 2 rings (SSSR count). The Labute approximate surface area is 126 Å². The van der Waals surface area contributed by atoms with E-state index in [0.717, 1.165) is 25.9 Å². The van der Waals surface area contributed by atoms with E-state index in [2.05, 4.69) is 24.2 Å². The smallest absolute Gasteiger partial charge is 0.317 e. The molecule has 2 saturated heterocycles. The molecule has 2 N–H and O–H groups in total. The number of carboxylic acid groups (broad SMARTS) is 1. The molecular formula is C15H27N3O3. The third-order valence-corrected chi connectivity index (χ3v) is 5.08. The summed E-state index contributed by atoms with van der Waals surface area (Å²) in [6.07, 6.45) is 2.16. The Morgan fingerprint density at radius 3 is 2.43 bits per heavy atom. The number of likely N-dealkylation sites (tertiary alicyclic amines) is 2. The Kier molecular flexibility index (Phi) is 4.76. The molecule has 2 atom stereocenters. The predicted molar refractivity (Wildman–Crippen MR) is 80.1 cm³/mol. The van der Waals surface area contributed by atoms with Crippen LogP contribution in [0.1, 0.15) is 26.7 Å². The van der Waals surface area contributed by atoms with Gasteiger partial charge in [0.15, 0.2) is 0 Å². The van der Waals surface area contributed by atoms with E-state index in [0.29, 0.717) is 19.6 Å². The molecule has 0 bridgehead atoms. The maximum absolute atomic E-state index is 12.2. The van der Waals surface area contributed by atoms with E-state index in [1.807, 2.05) is 6.92 Å². The van der Waals surface area contributed by atoms with Crippen molar-refractivity contribution in [2.24, 2.45) is 17.3 Å². The third kappa shape index (κ3) is 3.87. The Morgan fingerprint density at radius 1 is 1.29 bits per heavy atom. The van der Waals surface area contributed by atoms with Gasteiger partial charge in [-0.3, -0.25) is 4.79 Å². The van der Waals surface area contributed by atoms with Crippen molar-refractivity contribution < 1.29 is 14.7 Å². The van der Waals surface area contributed by atoms with E-state index in [4.69, 9.17) is 5.11 Å². The summed E-state index contributed by atoms with van der Waals surface area (Å²) in [6.45, 7) is 7.76. The number of piperidine rings is 1. The van der Waals surface area contributed by atoms with Crippen LogP contribution in [0.3, 0.4) is 0 Å². The molecule has 0 aromatic heterocycles. The number of nitrogens with zero attached hydrogens (tertiary/aromatic N) is 2. The first-order chi connectivity index (χ1) is 9.81. The number of aliphatic carboxylic acids is 1. The quantitative estimate of drug-likeness (QED) is 0.817. The van der Waals surface area contributed by atoms with Gasteiger partial charge in [0.25, 0.3) is 0 Å². The highest BCUT2D eigenvalue weighted by atomic mass is 16.4. The van der Waals surface area contributed by atoms with E-state index in [1.165, 1.54) is 0 Å². The summed E-state index contributed by atoms with van der Waals surface area (Å²) in [5.74, 6) is -1.22. The summed E-state index contributed by atoms with van der Waals surface area (Å²) in [4.78, 5) is 27.3. The van der Waals surface area contributed by atoms with Crippen molar-refractivity contribution in [2.45, 2.75) is 26.7 Å². The lowest BCUT2D eigenvalue weighted by atomic mass is 9.80. The van der Waals surface area contributed by atoms with Crippen LogP contribution >= 0.6 is 0 Å². The SMILES string of the molecule is C[C@@H]1CN(C(=O)NCC2(C)CCN(C)CC2)C[C@H]1C(=O)O. The molecule has 0 aromatic carbocycles. The highest BCUT2D eigenvalue weighted by molar-refractivity contribution is 5.77. The van der Waals surface area contributed by atoms with Crippen LogP contribution in [0.5, 0.6) is 0 Å². The average molecular weight is 297 g/mol. The first-order valence-corrected chi connectivity index (χ1v) is 7.75. The molecule has 6 heteroatoms. The lowest BCUT2D eigenvalue weighted by Gasteiger charge is -2.38. The van der Waals surface area contributed by atoms with E-state index in [9.17, 15) is 9.59 Å². The second-order valence-corrected chi connectivity index (χ2v) is 7.10. The molecule has 2 aliphatic rings. The number of nitrogens with one attached hydrogen (secondary N) is 1. The fourth-order valence-electron chi connectivity index (χ4n) is 3.19. The molecule has 21 heavy (non-hydrogen) atoms. The summed E-state index contributed by atoms with van der Waals surface area (Å²) in [6, 6.07) is -0.120. The maximum Gasteiger partial charge on any atom is 0.317 e. The first-order valence-electron chi connectivity index (χ1n) is 7.75. The zero-order valence-corrected chi connectivity index (χ0v) is 13.3. The van der Waals surface area contributed by atoms with Crippen LogP contribution in [-0.4, -0.2) is 66.7 Å². The van der Waals surface area contributed by atoms with E-state index < -0.39 is 11.9 Å². The van der Waals surface area contributed by atoms with Gasteiger partial charge in [-0.15, -0.1) is 0 Å². The number of hydrogen-bond acceptors (Lipinski definition) is 3. The monoisotopic (exact) mass is 297 g/mol. The van der Waals surface area contributed by atoms with Crippen LogP contribution in [0.2, 0.25) is 0 Å². The van der Waals surface area contributed by atoms with Crippen LogP contribution in [0.4, 0.5) is 4.79 Å². The summed E-state index contributed by atoms with van der Waals surface area (Å²) in [5, 5.41) is 12.1. The van der Waals surface area contributed by atoms with Gasteiger partial charge < -0.3 is 20.2 Å². The van der Waals surface area contributed by atoms with Crippen LogP contribution in [0.15, 0.2) is 0 Å². The minimum atomic E-state index is -0.805. The third-order valence-electron chi connectivity index (χ3n) is 5.08. The normalized spacial score (nSPS) is 29.4. The number of rotatable bonds is 3. The molecule has 0 saturated carbocycles. The Bertz CT molecular complexity index is 405. The second kappa shape index (κ2) is 6.22. The fourth-order valence-corrected chi connectivity index (χ4v) is 3.19. The molecule has 0 spiro atoms. The lowest BCUT2D eigenvalue weighted by molar-refractivity contribution is -0.142. The topological polar surface area (TPSA) is 72.9 Å². The number of carboxylic acids is 1. The zero-order chi connectivity index (χ0) is 15.6. The van der Waals surface area contributed by atoms with Gasteiger partial charge in [-0.05, 0) is 44.3 Å².